The second-order valence-electron chi connectivity index (χ2n) is 3.96. The molecule has 0 spiro atoms. The number of urea groups is 1. The number of aromatic amines is 1. The zero-order valence-corrected chi connectivity index (χ0v) is 8.47. The summed E-state index contributed by atoms with van der Waals surface area (Å²) in [7, 11) is 1.85. The summed E-state index contributed by atoms with van der Waals surface area (Å²) in [6.45, 7) is 1.51. The smallest absolute Gasteiger partial charge is 0.319 e. The van der Waals surface area contributed by atoms with Gasteiger partial charge in [-0.25, -0.2) is 4.79 Å². The lowest BCUT2D eigenvalue weighted by atomic mass is 9.99. The summed E-state index contributed by atoms with van der Waals surface area (Å²) < 4.78 is 0. The van der Waals surface area contributed by atoms with Gasteiger partial charge in [-0.05, 0) is 5.57 Å². The van der Waals surface area contributed by atoms with E-state index in [1.807, 2.05) is 18.1 Å². The number of H-pyrrole nitrogens is 1. The van der Waals surface area contributed by atoms with Crippen LogP contribution in [0.5, 0.6) is 0 Å². The van der Waals surface area contributed by atoms with Crippen LogP contribution in [0.25, 0.3) is 5.57 Å². The van der Waals surface area contributed by atoms with E-state index in [9.17, 15) is 4.79 Å². The van der Waals surface area contributed by atoms with Crippen LogP contribution in [0.4, 0.5) is 4.79 Å². The predicted octanol–water partition coefficient (Wildman–Crippen LogP) is 0.543. The maximum Gasteiger partial charge on any atom is 0.320 e. The normalized spacial score (nSPS) is 24.7. The Morgan fingerprint density at radius 3 is 3.20 bits per heavy atom. The Kier molecular flexibility index (Phi) is 1.62. The molecule has 1 unspecified atom stereocenters. The van der Waals surface area contributed by atoms with Crippen molar-refractivity contribution in [3.63, 3.8) is 0 Å². The van der Waals surface area contributed by atoms with Gasteiger partial charge < -0.3 is 9.80 Å². The van der Waals surface area contributed by atoms with Crippen molar-refractivity contribution in [2.45, 2.75) is 6.04 Å². The van der Waals surface area contributed by atoms with Gasteiger partial charge in [-0.2, -0.15) is 5.10 Å². The molecule has 1 fully saturated rings. The van der Waals surface area contributed by atoms with Crippen molar-refractivity contribution in [2.75, 3.05) is 20.1 Å². The molecule has 1 aromatic heterocycles. The van der Waals surface area contributed by atoms with E-state index in [0.717, 1.165) is 12.1 Å². The zero-order chi connectivity index (χ0) is 10.4. The molecule has 1 saturated heterocycles. The number of amides is 2. The first-order valence-corrected chi connectivity index (χ1v) is 4.98. The highest BCUT2D eigenvalue weighted by atomic mass is 16.2. The number of hydrogen-bond donors (Lipinski definition) is 1. The molecule has 2 aliphatic heterocycles. The second-order valence-corrected chi connectivity index (χ2v) is 3.96. The van der Waals surface area contributed by atoms with Crippen molar-refractivity contribution in [3.8, 4) is 0 Å². The average Bonchev–Trinajstić information content (AvgIpc) is 2.85. The Hall–Kier alpha value is -1.78. The number of likely N-dealkylation sites (N-methyl/N-ethyl adjacent to an activating group) is 1. The van der Waals surface area contributed by atoms with E-state index in [1.54, 1.807) is 11.1 Å². The number of aromatic nitrogens is 2. The molecule has 2 aliphatic rings. The summed E-state index contributed by atoms with van der Waals surface area (Å²) in [5.41, 5.74) is 2.29. The Labute approximate surface area is 87.4 Å². The molecule has 5 nitrogen and oxygen atoms in total. The van der Waals surface area contributed by atoms with Gasteiger partial charge >= 0.3 is 6.03 Å². The fourth-order valence-electron chi connectivity index (χ4n) is 2.29. The van der Waals surface area contributed by atoms with E-state index in [2.05, 4.69) is 16.3 Å². The molecule has 78 valence electrons. The topological polar surface area (TPSA) is 52.2 Å². The third-order valence-corrected chi connectivity index (χ3v) is 3.16. The van der Waals surface area contributed by atoms with Crippen molar-refractivity contribution in [1.82, 2.24) is 20.0 Å². The van der Waals surface area contributed by atoms with E-state index < -0.39 is 0 Å². The van der Waals surface area contributed by atoms with Gasteiger partial charge in [0.15, 0.2) is 0 Å². The Balaban J connectivity index is 2.00. The molecule has 2 bridgehead atoms. The van der Waals surface area contributed by atoms with Gasteiger partial charge in [0.1, 0.15) is 0 Å². The molecule has 0 saturated carbocycles. The second kappa shape index (κ2) is 2.85. The summed E-state index contributed by atoms with van der Waals surface area (Å²) in [5.74, 6) is 0. The van der Waals surface area contributed by atoms with E-state index in [-0.39, 0.29) is 12.1 Å². The highest BCUT2D eigenvalue weighted by Crippen LogP contribution is 2.30. The van der Waals surface area contributed by atoms with E-state index >= 15 is 0 Å². The predicted molar refractivity (Wildman–Crippen MR) is 55.1 cm³/mol. The summed E-state index contributed by atoms with van der Waals surface area (Å²) in [5, 5.41) is 6.74. The van der Waals surface area contributed by atoms with Gasteiger partial charge in [0.25, 0.3) is 0 Å². The number of carbonyl (C=O) groups is 1. The van der Waals surface area contributed by atoms with Crippen LogP contribution in [0, 0.1) is 0 Å². The third-order valence-electron chi connectivity index (χ3n) is 3.16. The highest BCUT2D eigenvalue weighted by molar-refractivity contribution is 5.85. The molecular weight excluding hydrogens is 192 g/mol. The lowest BCUT2D eigenvalue weighted by molar-refractivity contribution is 0.202. The molecule has 2 amide bonds. The zero-order valence-electron chi connectivity index (χ0n) is 8.47. The highest BCUT2D eigenvalue weighted by Gasteiger charge is 2.39. The first-order valence-electron chi connectivity index (χ1n) is 4.98. The summed E-state index contributed by atoms with van der Waals surface area (Å²) >= 11 is 0. The van der Waals surface area contributed by atoms with Gasteiger partial charge in [0, 0.05) is 31.9 Å². The Bertz CT molecular complexity index is 423. The molecule has 3 rings (SSSR count). The van der Waals surface area contributed by atoms with Crippen molar-refractivity contribution in [2.24, 2.45) is 0 Å². The number of nitrogens with zero attached hydrogens (tertiary/aromatic N) is 3. The summed E-state index contributed by atoms with van der Waals surface area (Å²) in [6.07, 6.45) is 5.79. The van der Waals surface area contributed by atoms with E-state index in [0.29, 0.717) is 6.54 Å². The van der Waals surface area contributed by atoms with Crippen LogP contribution in [0.3, 0.4) is 0 Å². The molecule has 0 aliphatic carbocycles. The lowest BCUT2D eigenvalue weighted by Crippen LogP contribution is -2.30. The number of nitrogens with one attached hydrogen (secondary N) is 1. The van der Waals surface area contributed by atoms with Crippen LogP contribution in [0.1, 0.15) is 5.56 Å². The maximum absolute atomic E-state index is 11.7. The molecule has 0 radical (unpaired) electrons. The third kappa shape index (κ3) is 1.09. The van der Waals surface area contributed by atoms with Crippen LogP contribution in [-0.2, 0) is 0 Å². The molecule has 1 aromatic rings. The van der Waals surface area contributed by atoms with Crippen LogP contribution in [0.15, 0.2) is 18.5 Å². The molecular formula is C10H12N4O. The van der Waals surface area contributed by atoms with E-state index in [1.165, 1.54) is 5.57 Å². The number of rotatable bonds is 1. The maximum atomic E-state index is 11.7. The van der Waals surface area contributed by atoms with Gasteiger partial charge in [-0.1, -0.05) is 6.08 Å². The fraction of sp³-hybridized carbons (Fsp3) is 0.400. The molecule has 1 atom stereocenters. The quantitative estimate of drug-likeness (QED) is 0.726. The molecule has 0 aromatic carbocycles. The van der Waals surface area contributed by atoms with Crippen molar-refractivity contribution in [3.05, 3.63) is 24.0 Å². The fourth-order valence-corrected chi connectivity index (χ4v) is 2.29. The number of fused-ring (bicyclic) bond motifs is 2. The molecule has 15 heavy (non-hydrogen) atoms. The first-order chi connectivity index (χ1) is 7.27. The van der Waals surface area contributed by atoms with Gasteiger partial charge in [-0.15, -0.1) is 0 Å². The van der Waals surface area contributed by atoms with Crippen LogP contribution in [0.2, 0.25) is 0 Å². The monoisotopic (exact) mass is 204 g/mol. The minimum atomic E-state index is 0.120. The molecule has 3 heterocycles. The van der Waals surface area contributed by atoms with Crippen LogP contribution in [-0.4, -0.2) is 52.2 Å². The number of hydrogen-bond acceptors (Lipinski definition) is 2. The Morgan fingerprint density at radius 2 is 2.47 bits per heavy atom. The SMILES string of the molecule is CN1C(=O)N2CC=C(c3cn[nH]c3)C1C2. The van der Waals surface area contributed by atoms with Crippen molar-refractivity contribution < 1.29 is 4.79 Å². The summed E-state index contributed by atoms with van der Waals surface area (Å²) in [6, 6.07) is 0.304. The largest absolute Gasteiger partial charge is 0.320 e. The molecule has 1 N–H and O–H groups in total. The molecule has 5 heteroatoms. The minimum Gasteiger partial charge on any atom is -0.319 e. The standard InChI is InChI=1S/C10H12N4O/c1-13-9-6-14(10(13)15)3-2-8(9)7-4-11-12-5-7/h2,4-5,9H,3,6H2,1H3,(H,11,12). The lowest BCUT2D eigenvalue weighted by Gasteiger charge is -2.22. The van der Waals surface area contributed by atoms with Gasteiger partial charge in [-0.3, -0.25) is 5.10 Å². The van der Waals surface area contributed by atoms with Crippen LogP contribution < -0.4 is 0 Å². The minimum absolute atomic E-state index is 0.120. The van der Waals surface area contributed by atoms with E-state index in [4.69, 9.17) is 0 Å². The summed E-state index contributed by atoms with van der Waals surface area (Å²) in [4.78, 5) is 15.3. The first kappa shape index (κ1) is 8.52. The van der Waals surface area contributed by atoms with Crippen molar-refractivity contribution in [1.29, 1.82) is 0 Å². The Morgan fingerprint density at radius 1 is 1.60 bits per heavy atom. The van der Waals surface area contributed by atoms with Gasteiger partial charge in [0.2, 0.25) is 0 Å². The van der Waals surface area contributed by atoms with Crippen LogP contribution >= 0.6 is 0 Å². The number of carbonyl (C=O) groups excluding carboxylic acids is 1. The average molecular weight is 204 g/mol. The van der Waals surface area contributed by atoms with Crippen molar-refractivity contribution >= 4 is 11.6 Å². The van der Waals surface area contributed by atoms with Gasteiger partial charge in [0.05, 0.1) is 12.2 Å².